The van der Waals surface area contributed by atoms with Crippen LogP contribution in [0.15, 0.2) is 52.4 Å². The first kappa shape index (κ1) is 20.8. The Morgan fingerprint density at radius 1 is 1.31 bits per heavy atom. The van der Waals surface area contributed by atoms with E-state index in [1.54, 1.807) is 48.5 Å². The molecule has 0 radical (unpaired) electrons. The molecule has 9 heteroatoms. The quantitative estimate of drug-likeness (QED) is 0.667. The largest absolute Gasteiger partial charge is 0.493 e. The van der Waals surface area contributed by atoms with E-state index >= 15 is 0 Å². The van der Waals surface area contributed by atoms with Crippen LogP contribution in [-0.4, -0.2) is 35.4 Å². The smallest absolute Gasteiger partial charge is 0.344 e. The molecule has 1 atom stereocenters. The van der Waals surface area contributed by atoms with E-state index in [4.69, 9.17) is 26.2 Å². The number of para-hydroxylation sites is 1. The van der Waals surface area contributed by atoms with Gasteiger partial charge in [-0.15, -0.1) is 0 Å². The third kappa shape index (κ3) is 5.10. The number of nitrogens with zero attached hydrogens (tertiary/aromatic N) is 1. The fourth-order valence-corrected chi connectivity index (χ4v) is 3.46. The molecule has 0 unspecified atom stereocenters. The number of ether oxygens (including phenoxy) is 2. The summed E-state index contributed by atoms with van der Waals surface area (Å²) >= 11 is 7.12. The molecule has 29 heavy (non-hydrogen) atoms. The van der Waals surface area contributed by atoms with Gasteiger partial charge in [-0.05, 0) is 49.0 Å². The van der Waals surface area contributed by atoms with Gasteiger partial charge in [-0.3, -0.25) is 4.79 Å². The van der Waals surface area contributed by atoms with Crippen LogP contribution < -0.4 is 14.8 Å². The second-order valence-electron chi connectivity index (χ2n) is 5.94. The van der Waals surface area contributed by atoms with Crippen LogP contribution in [0, 0.1) is 0 Å². The van der Waals surface area contributed by atoms with E-state index in [0.29, 0.717) is 32.1 Å². The summed E-state index contributed by atoms with van der Waals surface area (Å²) in [5.74, 6) is -0.830. The molecule has 2 aromatic carbocycles. The fourth-order valence-electron chi connectivity index (χ4n) is 2.45. The van der Waals surface area contributed by atoms with Crippen molar-refractivity contribution >= 4 is 52.2 Å². The van der Waals surface area contributed by atoms with Crippen LogP contribution in [0.5, 0.6) is 11.5 Å². The van der Waals surface area contributed by atoms with Crippen LogP contribution in [0.25, 0.3) is 6.08 Å². The molecule has 0 bridgehead atoms. The van der Waals surface area contributed by atoms with E-state index in [9.17, 15) is 9.59 Å². The highest BCUT2D eigenvalue weighted by molar-refractivity contribution is 8.18. The lowest BCUT2D eigenvalue weighted by molar-refractivity contribution is -0.144. The molecule has 3 rings (SSSR count). The molecule has 1 saturated heterocycles. The van der Waals surface area contributed by atoms with Crippen molar-refractivity contribution in [1.82, 2.24) is 5.32 Å². The van der Waals surface area contributed by atoms with Gasteiger partial charge in [0.2, 0.25) is 0 Å². The molecule has 1 aliphatic rings. The Bertz CT molecular complexity index is 1020. The number of halogens is 1. The van der Waals surface area contributed by atoms with Gasteiger partial charge in [0.05, 0.1) is 17.7 Å². The Morgan fingerprint density at radius 3 is 2.76 bits per heavy atom. The van der Waals surface area contributed by atoms with Crippen molar-refractivity contribution in [3.63, 3.8) is 0 Å². The van der Waals surface area contributed by atoms with E-state index in [0.717, 1.165) is 11.8 Å². The molecule has 2 aromatic rings. The SMILES string of the molecule is COc1cccc(/C=C2\SC(=Nc3cccc(Cl)c3)NC2=O)c1O[C@H](C)C(=O)O. The number of methoxy groups -OCH3 is 1. The van der Waals surface area contributed by atoms with Gasteiger partial charge in [0.15, 0.2) is 22.8 Å². The summed E-state index contributed by atoms with van der Waals surface area (Å²) in [6, 6.07) is 12.0. The molecular formula is C20H17ClN2O5S. The number of carbonyl (C=O) groups excluding carboxylic acids is 1. The number of amidine groups is 1. The molecule has 0 spiro atoms. The van der Waals surface area contributed by atoms with Crippen LogP contribution in [0.4, 0.5) is 5.69 Å². The van der Waals surface area contributed by atoms with Crippen molar-refractivity contribution in [2.24, 2.45) is 4.99 Å². The number of carboxylic acids is 1. The maximum absolute atomic E-state index is 12.4. The molecule has 0 aliphatic carbocycles. The zero-order chi connectivity index (χ0) is 21.0. The van der Waals surface area contributed by atoms with Gasteiger partial charge in [-0.25, -0.2) is 9.79 Å². The van der Waals surface area contributed by atoms with Crippen molar-refractivity contribution in [2.45, 2.75) is 13.0 Å². The average Bonchev–Trinajstić information content (AvgIpc) is 3.01. The third-order valence-corrected chi connectivity index (χ3v) is 4.99. The van der Waals surface area contributed by atoms with E-state index in [2.05, 4.69) is 10.3 Å². The summed E-state index contributed by atoms with van der Waals surface area (Å²) in [5, 5.41) is 12.8. The van der Waals surface area contributed by atoms with Crippen molar-refractivity contribution in [2.75, 3.05) is 7.11 Å². The molecule has 7 nitrogen and oxygen atoms in total. The normalized spacial score (nSPS) is 17.3. The predicted molar refractivity (Wildman–Crippen MR) is 113 cm³/mol. The number of nitrogens with one attached hydrogen (secondary N) is 1. The number of amides is 1. The second kappa shape index (κ2) is 9.02. The topological polar surface area (TPSA) is 97.2 Å². The monoisotopic (exact) mass is 432 g/mol. The van der Waals surface area contributed by atoms with Gasteiger partial charge < -0.3 is 19.9 Å². The Kier molecular flexibility index (Phi) is 6.46. The average molecular weight is 433 g/mol. The Labute approximate surface area is 176 Å². The van der Waals surface area contributed by atoms with Gasteiger partial charge in [0, 0.05) is 10.6 Å². The van der Waals surface area contributed by atoms with E-state index in [1.165, 1.54) is 14.0 Å². The van der Waals surface area contributed by atoms with Crippen molar-refractivity contribution < 1.29 is 24.2 Å². The number of rotatable bonds is 6. The summed E-state index contributed by atoms with van der Waals surface area (Å²) in [6.07, 6.45) is 0.515. The molecule has 2 N–H and O–H groups in total. The number of benzene rings is 2. The summed E-state index contributed by atoms with van der Waals surface area (Å²) in [4.78, 5) is 28.3. The van der Waals surface area contributed by atoms with E-state index in [1.807, 2.05) is 0 Å². The van der Waals surface area contributed by atoms with Crippen molar-refractivity contribution in [1.29, 1.82) is 0 Å². The molecule has 1 fully saturated rings. The number of hydrogen-bond acceptors (Lipinski definition) is 6. The first-order valence-corrected chi connectivity index (χ1v) is 9.68. The highest BCUT2D eigenvalue weighted by Gasteiger charge is 2.25. The summed E-state index contributed by atoms with van der Waals surface area (Å²) in [7, 11) is 1.46. The Morgan fingerprint density at radius 2 is 2.07 bits per heavy atom. The van der Waals surface area contributed by atoms with Gasteiger partial charge in [0.25, 0.3) is 5.91 Å². The van der Waals surface area contributed by atoms with Gasteiger partial charge in [-0.1, -0.05) is 29.8 Å². The maximum atomic E-state index is 12.4. The number of aliphatic carboxylic acids is 1. The summed E-state index contributed by atoms with van der Waals surface area (Å²) in [5.41, 5.74) is 1.13. The van der Waals surface area contributed by atoms with E-state index in [-0.39, 0.29) is 11.7 Å². The fraction of sp³-hybridized carbons (Fsp3) is 0.150. The molecule has 1 aliphatic heterocycles. The molecule has 1 heterocycles. The first-order valence-electron chi connectivity index (χ1n) is 8.49. The number of thioether (sulfide) groups is 1. The summed E-state index contributed by atoms with van der Waals surface area (Å²) in [6.45, 7) is 1.42. The standard InChI is InChI=1S/C20H17ClN2O5S/c1-11(19(25)26)28-17-12(5-3-8-15(17)27-2)9-16-18(24)23-20(29-16)22-14-7-4-6-13(21)10-14/h3-11H,1-2H3,(H,25,26)(H,22,23,24)/b16-9-/t11-/m1/s1. The third-order valence-electron chi connectivity index (χ3n) is 3.85. The first-order chi connectivity index (χ1) is 13.9. The highest BCUT2D eigenvalue weighted by atomic mass is 35.5. The van der Waals surface area contributed by atoms with Crippen molar-refractivity contribution in [3.05, 3.63) is 58.0 Å². The molecule has 150 valence electrons. The van der Waals surface area contributed by atoms with Crippen LogP contribution in [0.2, 0.25) is 5.02 Å². The maximum Gasteiger partial charge on any atom is 0.344 e. The Balaban J connectivity index is 1.92. The van der Waals surface area contributed by atoms with Gasteiger partial charge in [-0.2, -0.15) is 0 Å². The molecule has 0 saturated carbocycles. The number of carboxylic acid groups (broad SMARTS) is 1. The number of aliphatic imine (C=N–C) groups is 1. The predicted octanol–water partition coefficient (Wildman–Crippen LogP) is 4.09. The lowest BCUT2D eigenvalue weighted by Gasteiger charge is -2.16. The van der Waals surface area contributed by atoms with Gasteiger partial charge >= 0.3 is 5.97 Å². The number of carbonyl (C=O) groups is 2. The van der Waals surface area contributed by atoms with Crippen LogP contribution >= 0.6 is 23.4 Å². The minimum absolute atomic E-state index is 0.242. The zero-order valence-corrected chi connectivity index (χ0v) is 17.1. The minimum Gasteiger partial charge on any atom is -0.493 e. The lowest BCUT2D eigenvalue weighted by Crippen LogP contribution is -2.23. The molecule has 0 aromatic heterocycles. The summed E-state index contributed by atoms with van der Waals surface area (Å²) < 4.78 is 10.8. The van der Waals surface area contributed by atoms with E-state index < -0.39 is 12.1 Å². The van der Waals surface area contributed by atoms with Crippen LogP contribution in [-0.2, 0) is 9.59 Å². The highest BCUT2D eigenvalue weighted by Crippen LogP contribution is 2.36. The zero-order valence-electron chi connectivity index (χ0n) is 15.5. The lowest BCUT2D eigenvalue weighted by atomic mass is 10.1. The second-order valence-corrected chi connectivity index (χ2v) is 7.41. The van der Waals surface area contributed by atoms with Crippen LogP contribution in [0.3, 0.4) is 0 Å². The Hall–Kier alpha value is -2.97. The minimum atomic E-state index is -1.11. The molecule has 1 amide bonds. The molecular weight excluding hydrogens is 416 g/mol. The van der Waals surface area contributed by atoms with Crippen molar-refractivity contribution in [3.8, 4) is 11.5 Å². The van der Waals surface area contributed by atoms with Crippen LogP contribution in [0.1, 0.15) is 12.5 Å². The van der Waals surface area contributed by atoms with Gasteiger partial charge in [0.1, 0.15) is 0 Å². The number of hydrogen-bond donors (Lipinski definition) is 2.